The van der Waals surface area contributed by atoms with Gasteiger partial charge in [0.15, 0.2) is 6.54 Å². The summed E-state index contributed by atoms with van der Waals surface area (Å²) in [5, 5.41) is 9.41. The summed E-state index contributed by atoms with van der Waals surface area (Å²) in [6, 6.07) is 11.3. The Labute approximate surface area is 163 Å². The SMILES string of the molecule is Cc1n(C2CCc3cc4c(cc32)OCC4)cc[n+]1CC(=O)c1ccc(O)cc1. The van der Waals surface area contributed by atoms with Gasteiger partial charge in [0.1, 0.15) is 29.9 Å². The Morgan fingerprint density at radius 3 is 2.86 bits per heavy atom. The molecule has 0 fully saturated rings. The molecule has 142 valence electrons. The molecule has 1 aromatic heterocycles. The highest BCUT2D eigenvalue weighted by atomic mass is 16.5. The van der Waals surface area contributed by atoms with E-state index < -0.39 is 0 Å². The van der Waals surface area contributed by atoms with Gasteiger partial charge in [0.25, 0.3) is 5.82 Å². The number of ketones is 1. The molecule has 1 aliphatic carbocycles. The number of benzene rings is 2. The first kappa shape index (κ1) is 17.0. The molecule has 0 saturated carbocycles. The Bertz CT molecular complexity index is 1070. The predicted molar refractivity (Wildman–Crippen MR) is 104 cm³/mol. The lowest BCUT2D eigenvalue weighted by atomic mass is 10.0. The number of Topliss-reactive ketones (excluding diaryl/α,β-unsaturated/α-hetero) is 1. The van der Waals surface area contributed by atoms with Crippen molar-refractivity contribution in [3.8, 4) is 11.5 Å². The number of ether oxygens (including phenoxy) is 1. The van der Waals surface area contributed by atoms with Crippen LogP contribution in [0.5, 0.6) is 11.5 Å². The summed E-state index contributed by atoms with van der Waals surface area (Å²) >= 11 is 0. The number of carbonyl (C=O) groups is 1. The number of hydrogen-bond acceptors (Lipinski definition) is 3. The maximum atomic E-state index is 12.6. The van der Waals surface area contributed by atoms with Crippen molar-refractivity contribution in [1.82, 2.24) is 4.57 Å². The van der Waals surface area contributed by atoms with Crippen molar-refractivity contribution in [1.29, 1.82) is 0 Å². The van der Waals surface area contributed by atoms with E-state index >= 15 is 0 Å². The van der Waals surface area contributed by atoms with E-state index in [4.69, 9.17) is 4.74 Å². The summed E-state index contributed by atoms with van der Waals surface area (Å²) < 4.78 is 10.0. The lowest BCUT2D eigenvalue weighted by molar-refractivity contribution is -0.688. The highest BCUT2D eigenvalue weighted by Gasteiger charge is 2.32. The van der Waals surface area contributed by atoms with Gasteiger partial charge in [0, 0.05) is 24.5 Å². The average Bonchev–Trinajstić information content (AvgIpc) is 3.40. The molecule has 0 spiro atoms. The van der Waals surface area contributed by atoms with Crippen molar-refractivity contribution < 1.29 is 19.2 Å². The number of carbonyl (C=O) groups excluding carboxylic acids is 1. The van der Waals surface area contributed by atoms with Crippen LogP contribution in [-0.2, 0) is 19.4 Å². The van der Waals surface area contributed by atoms with Gasteiger partial charge in [0.2, 0.25) is 5.78 Å². The summed E-state index contributed by atoms with van der Waals surface area (Å²) in [6.07, 6.45) is 7.22. The molecule has 0 saturated heterocycles. The number of nitrogens with zero attached hydrogens (tertiary/aromatic N) is 2. The summed E-state index contributed by atoms with van der Waals surface area (Å²) in [5.74, 6) is 2.29. The molecule has 5 rings (SSSR count). The summed E-state index contributed by atoms with van der Waals surface area (Å²) in [5.41, 5.74) is 4.71. The van der Waals surface area contributed by atoms with Gasteiger partial charge in [-0.2, -0.15) is 0 Å². The highest BCUT2D eigenvalue weighted by molar-refractivity contribution is 5.95. The van der Waals surface area contributed by atoms with Gasteiger partial charge in [-0.1, -0.05) is 6.07 Å². The van der Waals surface area contributed by atoms with Crippen LogP contribution in [0.15, 0.2) is 48.8 Å². The van der Waals surface area contributed by atoms with Crippen LogP contribution in [0, 0.1) is 6.92 Å². The first-order valence-corrected chi connectivity index (χ1v) is 9.78. The van der Waals surface area contributed by atoms with Gasteiger partial charge in [-0.05, 0) is 54.3 Å². The number of hydrogen-bond donors (Lipinski definition) is 1. The normalized spacial score (nSPS) is 17.2. The van der Waals surface area contributed by atoms with Gasteiger partial charge in [-0.3, -0.25) is 4.79 Å². The Morgan fingerprint density at radius 2 is 2.04 bits per heavy atom. The molecule has 1 unspecified atom stereocenters. The van der Waals surface area contributed by atoms with Crippen LogP contribution in [-0.4, -0.2) is 22.1 Å². The van der Waals surface area contributed by atoms with E-state index in [1.807, 2.05) is 10.8 Å². The van der Waals surface area contributed by atoms with Crippen LogP contribution in [0.2, 0.25) is 0 Å². The third kappa shape index (κ3) is 2.78. The number of aromatic hydroxyl groups is 1. The first-order chi connectivity index (χ1) is 13.6. The van der Waals surface area contributed by atoms with E-state index in [0.29, 0.717) is 5.56 Å². The number of imidazole rings is 1. The molecule has 5 nitrogen and oxygen atoms in total. The number of fused-ring (bicyclic) bond motifs is 2. The lowest BCUT2D eigenvalue weighted by Gasteiger charge is -2.11. The minimum Gasteiger partial charge on any atom is -0.508 e. The monoisotopic (exact) mass is 375 g/mol. The van der Waals surface area contributed by atoms with E-state index in [2.05, 4.69) is 29.8 Å². The molecule has 2 aromatic carbocycles. The fourth-order valence-electron chi connectivity index (χ4n) is 4.46. The largest absolute Gasteiger partial charge is 0.508 e. The predicted octanol–water partition coefficient (Wildman–Crippen LogP) is 3.14. The topological polar surface area (TPSA) is 55.3 Å². The number of phenolic OH excluding ortho intramolecular Hbond substituents is 1. The third-order valence-electron chi connectivity index (χ3n) is 6.03. The molecular weight excluding hydrogens is 352 g/mol. The maximum Gasteiger partial charge on any atom is 0.254 e. The van der Waals surface area contributed by atoms with Crippen molar-refractivity contribution >= 4 is 5.78 Å². The molecule has 5 heteroatoms. The summed E-state index contributed by atoms with van der Waals surface area (Å²) in [7, 11) is 0. The smallest absolute Gasteiger partial charge is 0.254 e. The fourth-order valence-corrected chi connectivity index (χ4v) is 4.46. The number of aromatic nitrogens is 2. The second-order valence-corrected chi connectivity index (χ2v) is 7.66. The lowest BCUT2D eigenvalue weighted by Crippen LogP contribution is -2.39. The minimum absolute atomic E-state index is 0.0314. The Balaban J connectivity index is 1.41. The zero-order chi connectivity index (χ0) is 19.3. The van der Waals surface area contributed by atoms with Gasteiger partial charge in [0.05, 0.1) is 6.61 Å². The second-order valence-electron chi connectivity index (χ2n) is 7.66. The third-order valence-corrected chi connectivity index (χ3v) is 6.03. The van der Waals surface area contributed by atoms with E-state index in [1.54, 1.807) is 24.3 Å². The fraction of sp³-hybridized carbons (Fsp3) is 0.304. The van der Waals surface area contributed by atoms with Crippen LogP contribution >= 0.6 is 0 Å². The van der Waals surface area contributed by atoms with Gasteiger partial charge >= 0.3 is 0 Å². The molecule has 0 bridgehead atoms. The van der Waals surface area contributed by atoms with Crippen LogP contribution < -0.4 is 9.30 Å². The van der Waals surface area contributed by atoms with E-state index in [9.17, 15) is 9.90 Å². The van der Waals surface area contributed by atoms with Crippen LogP contribution in [0.25, 0.3) is 0 Å². The van der Waals surface area contributed by atoms with Crippen molar-refractivity contribution in [2.24, 2.45) is 0 Å². The van der Waals surface area contributed by atoms with Crippen molar-refractivity contribution in [3.05, 3.63) is 76.9 Å². The molecule has 2 heterocycles. The van der Waals surface area contributed by atoms with E-state index in [-0.39, 0.29) is 24.1 Å². The van der Waals surface area contributed by atoms with Crippen LogP contribution in [0.3, 0.4) is 0 Å². The summed E-state index contributed by atoms with van der Waals surface area (Å²) in [4.78, 5) is 12.6. The Hall–Kier alpha value is -3.08. The number of rotatable bonds is 4. The molecule has 1 N–H and O–H groups in total. The van der Waals surface area contributed by atoms with Crippen molar-refractivity contribution in [3.63, 3.8) is 0 Å². The Morgan fingerprint density at radius 1 is 1.21 bits per heavy atom. The first-order valence-electron chi connectivity index (χ1n) is 9.78. The molecule has 2 aliphatic rings. The number of aryl methyl sites for hydroxylation is 1. The van der Waals surface area contributed by atoms with E-state index in [1.165, 1.54) is 16.7 Å². The van der Waals surface area contributed by atoms with Gasteiger partial charge in [-0.15, -0.1) is 0 Å². The van der Waals surface area contributed by atoms with Gasteiger partial charge in [-0.25, -0.2) is 9.13 Å². The summed E-state index contributed by atoms with van der Waals surface area (Å²) in [6.45, 7) is 3.13. The molecule has 1 aliphatic heterocycles. The average molecular weight is 375 g/mol. The molecule has 0 radical (unpaired) electrons. The molecular formula is C23H23N2O3+. The molecule has 1 atom stereocenters. The quantitative estimate of drug-likeness (QED) is 0.563. The highest BCUT2D eigenvalue weighted by Crippen LogP contribution is 2.40. The number of phenols is 1. The molecule has 3 aromatic rings. The van der Waals surface area contributed by atoms with Crippen LogP contribution in [0.1, 0.15) is 45.3 Å². The second kappa shape index (κ2) is 6.51. The van der Waals surface area contributed by atoms with Crippen LogP contribution in [0.4, 0.5) is 0 Å². The zero-order valence-corrected chi connectivity index (χ0v) is 15.9. The molecule has 28 heavy (non-hydrogen) atoms. The standard InChI is InChI=1S/C23H22N2O3/c1-15-24(14-22(27)16-2-5-19(26)6-3-16)9-10-25(15)21-7-4-17-12-18-8-11-28-23(18)13-20(17)21/h2-3,5-6,9-10,12-13,21H,4,7-8,11,14H2,1H3/p+1. The minimum atomic E-state index is 0.0314. The van der Waals surface area contributed by atoms with E-state index in [0.717, 1.165) is 37.4 Å². The zero-order valence-electron chi connectivity index (χ0n) is 15.9. The van der Waals surface area contributed by atoms with Crippen molar-refractivity contribution in [2.45, 2.75) is 38.8 Å². The van der Waals surface area contributed by atoms with Gasteiger partial charge < -0.3 is 9.84 Å². The van der Waals surface area contributed by atoms with Crippen molar-refractivity contribution in [2.75, 3.05) is 6.61 Å². The maximum absolute atomic E-state index is 12.6. The Kier molecular flexibility index (Phi) is 3.97. The molecule has 0 amide bonds.